The zero-order valence-corrected chi connectivity index (χ0v) is 15.9. The van der Waals surface area contributed by atoms with Gasteiger partial charge >= 0.3 is 0 Å². The van der Waals surface area contributed by atoms with Crippen LogP contribution in [0.15, 0.2) is 30.5 Å². The molecular formula is C13H14Br3N3O. The van der Waals surface area contributed by atoms with E-state index in [1.54, 1.807) is 16.8 Å². The van der Waals surface area contributed by atoms with Crippen LogP contribution in [-0.2, 0) is 19.5 Å². The first-order valence-electron chi connectivity index (χ1n) is 6.27. The fraction of sp³-hybridized carbons (Fsp3) is 0.385. The van der Waals surface area contributed by atoms with Crippen molar-refractivity contribution in [2.75, 3.05) is 0 Å². The number of aromatic nitrogens is 3. The molecule has 0 saturated heterocycles. The van der Waals surface area contributed by atoms with Crippen LogP contribution in [0, 0.1) is 0 Å². The smallest absolute Gasteiger partial charge is 0.265 e. The van der Waals surface area contributed by atoms with Crippen LogP contribution in [0.5, 0.6) is 0 Å². The Kier molecular flexibility index (Phi) is 5.25. The molecular weight excluding hydrogens is 454 g/mol. The summed E-state index contributed by atoms with van der Waals surface area (Å²) in [4.78, 5) is 12.2. The van der Waals surface area contributed by atoms with Crippen LogP contribution in [0.3, 0.4) is 0 Å². The number of aryl methyl sites for hydroxylation is 2. The molecule has 0 fully saturated rings. The number of pyridine rings is 1. The van der Waals surface area contributed by atoms with Crippen molar-refractivity contribution in [3.8, 4) is 0 Å². The molecule has 20 heavy (non-hydrogen) atoms. The second-order valence-corrected chi connectivity index (χ2v) is 6.88. The maximum atomic E-state index is 12.2. The molecule has 0 atom stereocenters. The van der Waals surface area contributed by atoms with Crippen molar-refractivity contribution in [2.45, 2.75) is 33.4 Å². The predicted octanol–water partition coefficient (Wildman–Crippen LogP) is 3.96. The molecule has 2 rings (SSSR count). The molecule has 0 aliphatic carbocycles. The molecule has 0 radical (unpaired) electrons. The van der Waals surface area contributed by atoms with Crippen molar-refractivity contribution in [2.24, 2.45) is 0 Å². The van der Waals surface area contributed by atoms with E-state index in [4.69, 9.17) is 0 Å². The largest absolute Gasteiger partial charge is 0.307 e. The SMILES string of the molecule is CCc1nn(CC)c(Cn2cc(Br)cc(Br)c2=O)c1Br. The van der Waals surface area contributed by atoms with Crippen LogP contribution >= 0.6 is 47.8 Å². The van der Waals surface area contributed by atoms with Gasteiger partial charge in [0.15, 0.2) is 0 Å². The number of rotatable bonds is 4. The first-order chi connectivity index (χ1) is 9.47. The molecule has 7 heteroatoms. The Morgan fingerprint density at radius 3 is 2.55 bits per heavy atom. The second kappa shape index (κ2) is 6.58. The zero-order valence-electron chi connectivity index (χ0n) is 11.2. The van der Waals surface area contributed by atoms with Crippen LogP contribution in [0.2, 0.25) is 0 Å². The van der Waals surface area contributed by atoms with Crippen LogP contribution in [-0.4, -0.2) is 14.3 Å². The third kappa shape index (κ3) is 3.09. The zero-order chi connectivity index (χ0) is 14.9. The number of halogens is 3. The highest BCUT2D eigenvalue weighted by Crippen LogP contribution is 2.23. The third-order valence-electron chi connectivity index (χ3n) is 3.02. The monoisotopic (exact) mass is 465 g/mol. The molecule has 0 N–H and O–H groups in total. The van der Waals surface area contributed by atoms with Gasteiger partial charge in [-0.2, -0.15) is 5.10 Å². The van der Waals surface area contributed by atoms with Gasteiger partial charge in [0, 0.05) is 17.2 Å². The van der Waals surface area contributed by atoms with E-state index in [9.17, 15) is 4.79 Å². The van der Waals surface area contributed by atoms with E-state index < -0.39 is 0 Å². The average Bonchev–Trinajstić information content (AvgIpc) is 2.72. The second-order valence-electron chi connectivity index (χ2n) is 4.32. The number of nitrogens with zero attached hydrogens (tertiary/aromatic N) is 3. The van der Waals surface area contributed by atoms with Gasteiger partial charge in [-0.25, -0.2) is 0 Å². The molecule has 0 spiro atoms. The fourth-order valence-corrected chi connectivity index (χ4v) is 3.96. The Hall–Kier alpha value is -0.400. The van der Waals surface area contributed by atoms with Gasteiger partial charge in [-0.3, -0.25) is 9.48 Å². The summed E-state index contributed by atoms with van der Waals surface area (Å²) < 4.78 is 6.00. The maximum Gasteiger partial charge on any atom is 0.265 e. The van der Waals surface area contributed by atoms with Gasteiger partial charge in [-0.15, -0.1) is 0 Å². The van der Waals surface area contributed by atoms with Crippen molar-refractivity contribution in [3.05, 3.63) is 47.4 Å². The summed E-state index contributed by atoms with van der Waals surface area (Å²) in [7, 11) is 0. The van der Waals surface area contributed by atoms with Crippen molar-refractivity contribution in [1.82, 2.24) is 14.3 Å². The highest BCUT2D eigenvalue weighted by atomic mass is 79.9. The minimum Gasteiger partial charge on any atom is -0.307 e. The molecule has 0 aliphatic rings. The van der Waals surface area contributed by atoms with Crippen molar-refractivity contribution >= 4 is 47.8 Å². The van der Waals surface area contributed by atoms with E-state index in [1.807, 2.05) is 11.6 Å². The summed E-state index contributed by atoms with van der Waals surface area (Å²) in [6.45, 7) is 5.37. The van der Waals surface area contributed by atoms with Gasteiger partial charge in [-0.05, 0) is 67.2 Å². The lowest BCUT2D eigenvalue weighted by Gasteiger charge is -2.09. The van der Waals surface area contributed by atoms with Gasteiger partial charge in [0.1, 0.15) is 0 Å². The average molecular weight is 468 g/mol. The molecule has 2 heterocycles. The summed E-state index contributed by atoms with van der Waals surface area (Å²) in [5.74, 6) is 0. The molecule has 0 amide bonds. The minimum atomic E-state index is -0.0537. The summed E-state index contributed by atoms with van der Waals surface area (Å²) >= 11 is 10.3. The Bertz CT molecular complexity index is 691. The Morgan fingerprint density at radius 1 is 1.25 bits per heavy atom. The van der Waals surface area contributed by atoms with Crippen LogP contribution in [0.25, 0.3) is 0 Å². The summed E-state index contributed by atoms with van der Waals surface area (Å²) in [5.41, 5.74) is 1.97. The van der Waals surface area contributed by atoms with E-state index in [1.165, 1.54) is 0 Å². The lowest BCUT2D eigenvalue weighted by Crippen LogP contribution is -2.22. The molecule has 2 aromatic heterocycles. The summed E-state index contributed by atoms with van der Waals surface area (Å²) in [6, 6.07) is 1.75. The van der Waals surface area contributed by atoms with Gasteiger partial charge < -0.3 is 4.57 Å². The van der Waals surface area contributed by atoms with E-state index in [0.717, 1.165) is 33.3 Å². The molecule has 0 aliphatic heterocycles. The molecule has 108 valence electrons. The number of hydrogen-bond donors (Lipinski definition) is 0. The quantitative estimate of drug-likeness (QED) is 0.682. The predicted molar refractivity (Wildman–Crippen MR) is 90.2 cm³/mol. The van der Waals surface area contributed by atoms with Crippen LogP contribution < -0.4 is 5.56 Å². The van der Waals surface area contributed by atoms with E-state index in [0.29, 0.717) is 11.0 Å². The van der Waals surface area contributed by atoms with Crippen molar-refractivity contribution < 1.29 is 0 Å². The topological polar surface area (TPSA) is 39.8 Å². The lowest BCUT2D eigenvalue weighted by molar-refractivity contribution is 0.587. The van der Waals surface area contributed by atoms with Gasteiger partial charge in [0.25, 0.3) is 5.56 Å². The Labute approximate surface area is 142 Å². The Morgan fingerprint density at radius 2 is 1.95 bits per heavy atom. The Balaban J connectivity index is 2.50. The highest BCUT2D eigenvalue weighted by molar-refractivity contribution is 9.11. The van der Waals surface area contributed by atoms with E-state index in [-0.39, 0.29) is 5.56 Å². The summed E-state index contributed by atoms with van der Waals surface area (Å²) in [5, 5.41) is 4.55. The van der Waals surface area contributed by atoms with Gasteiger partial charge in [-0.1, -0.05) is 6.92 Å². The lowest BCUT2D eigenvalue weighted by atomic mass is 10.3. The molecule has 0 unspecified atom stereocenters. The van der Waals surface area contributed by atoms with E-state index in [2.05, 4.69) is 59.8 Å². The number of hydrogen-bond acceptors (Lipinski definition) is 2. The maximum absolute atomic E-state index is 12.2. The third-order valence-corrected chi connectivity index (χ3v) is 4.94. The van der Waals surface area contributed by atoms with Crippen LogP contribution in [0.1, 0.15) is 25.2 Å². The first-order valence-corrected chi connectivity index (χ1v) is 8.65. The molecule has 2 aromatic rings. The van der Waals surface area contributed by atoms with Gasteiger partial charge in [0.05, 0.1) is 26.9 Å². The standard InChI is InChI=1S/C13H14Br3N3O/c1-3-10-12(16)11(19(4-2)17-10)7-18-6-8(14)5-9(15)13(18)20/h5-6H,3-4,7H2,1-2H3. The molecule has 4 nitrogen and oxygen atoms in total. The first kappa shape index (κ1) is 16.0. The van der Waals surface area contributed by atoms with E-state index >= 15 is 0 Å². The van der Waals surface area contributed by atoms with Crippen molar-refractivity contribution in [3.63, 3.8) is 0 Å². The highest BCUT2D eigenvalue weighted by Gasteiger charge is 2.15. The molecule has 0 aromatic carbocycles. The normalized spacial score (nSPS) is 11.1. The minimum absolute atomic E-state index is 0.0537. The molecule has 0 saturated carbocycles. The van der Waals surface area contributed by atoms with Gasteiger partial charge in [0.2, 0.25) is 0 Å². The summed E-state index contributed by atoms with van der Waals surface area (Å²) in [6.07, 6.45) is 2.65. The van der Waals surface area contributed by atoms with Crippen LogP contribution in [0.4, 0.5) is 0 Å². The van der Waals surface area contributed by atoms with Crippen molar-refractivity contribution in [1.29, 1.82) is 0 Å². The molecule has 0 bridgehead atoms. The fourth-order valence-electron chi connectivity index (χ4n) is 2.01.